The van der Waals surface area contributed by atoms with Crippen LogP contribution in [0.5, 0.6) is 5.75 Å². The molecule has 0 bridgehead atoms. The number of halogens is 1. The summed E-state index contributed by atoms with van der Waals surface area (Å²) in [5, 5.41) is 3.19. The van der Waals surface area contributed by atoms with Gasteiger partial charge in [0.1, 0.15) is 24.2 Å². The Kier molecular flexibility index (Phi) is 11.5. The molecule has 4 aromatic carbocycles. The number of benzene rings is 4. The van der Waals surface area contributed by atoms with E-state index in [4.69, 9.17) is 4.74 Å². The highest BCUT2D eigenvalue weighted by atomic mass is 32.2. The molecule has 0 aliphatic heterocycles. The van der Waals surface area contributed by atoms with Gasteiger partial charge < -0.3 is 15.0 Å². The Morgan fingerprint density at radius 1 is 0.854 bits per heavy atom. The summed E-state index contributed by atoms with van der Waals surface area (Å²) in [5.74, 6) is -0.813. The van der Waals surface area contributed by atoms with Crippen molar-refractivity contribution in [3.05, 3.63) is 126 Å². The monoisotopic (exact) mass is 671 g/mol. The average Bonchev–Trinajstić information content (AvgIpc) is 3.10. The van der Waals surface area contributed by atoms with E-state index >= 15 is 0 Å². The number of carbonyl (C=O) groups is 2. The normalized spacial score (nSPS) is 14.1. The molecule has 8 nitrogen and oxygen atoms in total. The number of sulfonamides is 1. The Bertz CT molecular complexity index is 1760. The second-order valence-corrected chi connectivity index (χ2v) is 14.1. The molecular formula is C38H42FN3O5S. The first kappa shape index (κ1) is 34.6. The summed E-state index contributed by atoms with van der Waals surface area (Å²) in [7, 11) is -2.75. The van der Waals surface area contributed by atoms with Gasteiger partial charge in [-0.2, -0.15) is 0 Å². The highest BCUT2D eigenvalue weighted by Crippen LogP contribution is 2.27. The molecule has 0 spiro atoms. The Balaban J connectivity index is 1.55. The van der Waals surface area contributed by atoms with Gasteiger partial charge in [-0.25, -0.2) is 12.8 Å². The Morgan fingerprint density at radius 3 is 2.12 bits per heavy atom. The van der Waals surface area contributed by atoms with Crippen molar-refractivity contribution >= 4 is 27.5 Å². The van der Waals surface area contributed by atoms with Crippen molar-refractivity contribution in [1.29, 1.82) is 0 Å². The van der Waals surface area contributed by atoms with Gasteiger partial charge in [-0.15, -0.1) is 0 Å². The van der Waals surface area contributed by atoms with E-state index in [0.29, 0.717) is 17.0 Å². The van der Waals surface area contributed by atoms with Gasteiger partial charge in [0.2, 0.25) is 11.8 Å². The molecule has 0 saturated heterocycles. The van der Waals surface area contributed by atoms with Crippen LogP contribution in [0.25, 0.3) is 0 Å². The van der Waals surface area contributed by atoms with Crippen LogP contribution in [0.4, 0.5) is 10.1 Å². The summed E-state index contributed by atoms with van der Waals surface area (Å²) in [5.41, 5.74) is 2.68. The molecule has 1 fully saturated rings. The lowest BCUT2D eigenvalue weighted by Crippen LogP contribution is -2.55. The van der Waals surface area contributed by atoms with Crippen molar-refractivity contribution in [1.82, 2.24) is 10.2 Å². The third kappa shape index (κ3) is 8.80. The van der Waals surface area contributed by atoms with Gasteiger partial charge in [0, 0.05) is 19.0 Å². The number of hydrogen-bond donors (Lipinski definition) is 1. The maximum atomic E-state index is 14.6. The lowest BCUT2D eigenvalue weighted by atomic mass is 9.94. The Morgan fingerprint density at radius 2 is 1.50 bits per heavy atom. The van der Waals surface area contributed by atoms with Crippen molar-refractivity contribution in [2.45, 2.75) is 69.0 Å². The number of ether oxygens (including phenoxy) is 1. The molecule has 2 amide bonds. The van der Waals surface area contributed by atoms with Crippen LogP contribution in [0.3, 0.4) is 0 Å². The van der Waals surface area contributed by atoms with Crippen LogP contribution >= 0.6 is 0 Å². The minimum atomic E-state index is -4.25. The molecule has 1 saturated carbocycles. The third-order valence-electron chi connectivity index (χ3n) is 8.74. The van der Waals surface area contributed by atoms with Gasteiger partial charge in [-0.3, -0.25) is 13.9 Å². The first-order chi connectivity index (χ1) is 23.1. The minimum Gasteiger partial charge on any atom is -0.497 e. The zero-order valence-electron chi connectivity index (χ0n) is 27.3. The van der Waals surface area contributed by atoms with E-state index < -0.39 is 34.3 Å². The quantitative estimate of drug-likeness (QED) is 0.177. The molecule has 0 aromatic heterocycles. The van der Waals surface area contributed by atoms with E-state index in [-0.39, 0.29) is 29.8 Å². The zero-order chi connectivity index (χ0) is 34.1. The van der Waals surface area contributed by atoms with Gasteiger partial charge >= 0.3 is 0 Å². The van der Waals surface area contributed by atoms with Crippen LogP contribution in [-0.4, -0.2) is 50.9 Å². The standard InChI is InChI=1S/C38H42FN3O5S/c1-28-13-19-33(20-14-28)42(48(45,46)35-23-21-34(47-2)22-24-35)27-37(43)41(26-30-15-17-31(39)18-16-30)36(25-29-9-5-3-6-10-29)38(44)40-32-11-7-4-8-12-32/h3,5-6,9-10,13-24,32,36H,4,7-8,11-12,25-27H2,1-2H3,(H,40,44)/t36-/m0/s1. The second kappa shape index (κ2) is 15.9. The van der Waals surface area contributed by atoms with Crippen molar-refractivity contribution < 1.29 is 27.1 Å². The molecular weight excluding hydrogens is 629 g/mol. The largest absolute Gasteiger partial charge is 0.497 e. The van der Waals surface area contributed by atoms with E-state index in [1.807, 2.05) is 37.3 Å². The van der Waals surface area contributed by atoms with Crippen molar-refractivity contribution in [2.75, 3.05) is 18.0 Å². The van der Waals surface area contributed by atoms with Gasteiger partial charge in [0.25, 0.3) is 10.0 Å². The average molecular weight is 672 g/mol. The highest BCUT2D eigenvalue weighted by molar-refractivity contribution is 7.92. The maximum absolute atomic E-state index is 14.6. The van der Waals surface area contributed by atoms with Crippen LogP contribution in [0.1, 0.15) is 48.8 Å². The first-order valence-corrected chi connectivity index (χ1v) is 17.7. The van der Waals surface area contributed by atoms with Gasteiger partial charge in [0.05, 0.1) is 17.7 Å². The fourth-order valence-corrected chi connectivity index (χ4v) is 7.41. The summed E-state index contributed by atoms with van der Waals surface area (Å²) in [4.78, 5) is 30.2. The molecule has 48 heavy (non-hydrogen) atoms. The summed E-state index contributed by atoms with van der Waals surface area (Å²) in [6.07, 6.45) is 5.07. The molecule has 1 atom stereocenters. The number of methoxy groups -OCH3 is 1. The zero-order valence-corrected chi connectivity index (χ0v) is 28.2. The minimum absolute atomic E-state index is 0.00759. The van der Waals surface area contributed by atoms with E-state index in [0.717, 1.165) is 47.5 Å². The third-order valence-corrected chi connectivity index (χ3v) is 10.5. The first-order valence-electron chi connectivity index (χ1n) is 16.3. The molecule has 1 aliphatic rings. The molecule has 1 N–H and O–H groups in total. The Hall–Kier alpha value is -4.70. The predicted octanol–water partition coefficient (Wildman–Crippen LogP) is 6.43. The van der Waals surface area contributed by atoms with Crippen molar-refractivity contribution in [3.8, 4) is 5.75 Å². The molecule has 0 unspecified atom stereocenters. The lowest BCUT2D eigenvalue weighted by molar-refractivity contribution is -0.140. The van der Waals surface area contributed by atoms with Crippen molar-refractivity contribution in [2.24, 2.45) is 0 Å². The topological polar surface area (TPSA) is 96.0 Å². The molecule has 252 valence electrons. The van der Waals surface area contributed by atoms with E-state index in [9.17, 15) is 22.4 Å². The van der Waals surface area contributed by atoms with Gasteiger partial charge in [-0.05, 0) is 79.4 Å². The number of nitrogens with zero attached hydrogens (tertiary/aromatic N) is 2. The molecule has 0 heterocycles. The van der Waals surface area contributed by atoms with Crippen molar-refractivity contribution in [3.63, 3.8) is 0 Å². The van der Waals surface area contributed by atoms with Crippen LogP contribution in [0.15, 0.2) is 108 Å². The number of carbonyl (C=O) groups excluding carboxylic acids is 2. The number of hydrogen-bond acceptors (Lipinski definition) is 5. The van der Waals surface area contributed by atoms with E-state index in [2.05, 4.69) is 5.32 Å². The number of amides is 2. The summed E-state index contributed by atoms with van der Waals surface area (Å²) in [6, 6.07) is 27.0. The Labute approximate surface area is 282 Å². The van der Waals surface area contributed by atoms with Gasteiger partial charge in [0.15, 0.2) is 0 Å². The number of anilines is 1. The maximum Gasteiger partial charge on any atom is 0.264 e. The van der Waals surface area contributed by atoms with Crippen LogP contribution in [0, 0.1) is 12.7 Å². The predicted molar refractivity (Wildman–Crippen MR) is 185 cm³/mol. The van der Waals surface area contributed by atoms with Gasteiger partial charge in [-0.1, -0.05) is 79.4 Å². The second-order valence-electron chi connectivity index (χ2n) is 12.2. The molecule has 10 heteroatoms. The molecule has 5 rings (SSSR count). The summed E-state index contributed by atoms with van der Waals surface area (Å²) >= 11 is 0. The molecule has 1 aliphatic carbocycles. The number of rotatable bonds is 13. The number of nitrogens with one attached hydrogen (secondary N) is 1. The smallest absolute Gasteiger partial charge is 0.264 e. The molecule has 0 radical (unpaired) electrons. The fourth-order valence-electron chi connectivity index (χ4n) is 6.00. The molecule has 4 aromatic rings. The SMILES string of the molecule is COc1ccc(S(=O)(=O)N(CC(=O)N(Cc2ccc(F)cc2)[C@@H](Cc2ccccc2)C(=O)NC2CCCCC2)c2ccc(C)cc2)cc1. The highest BCUT2D eigenvalue weighted by Gasteiger charge is 2.35. The van der Waals surface area contributed by atoms with Crippen LogP contribution in [-0.2, 0) is 32.6 Å². The number of aryl methyl sites for hydroxylation is 1. The summed E-state index contributed by atoms with van der Waals surface area (Å²) < 4.78 is 48.7. The van der Waals surface area contributed by atoms with Crippen LogP contribution < -0.4 is 14.4 Å². The lowest BCUT2D eigenvalue weighted by Gasteiger charge is -2.35. The van der Waals surface area contributed by atoms with E-state index in [1.54, 1.807) is 48.5 Å². The van der Waals surface area contributed by atoms with Crippen LogP contribution in [0.2, 0.25) is 0 Å². The fraction of sp³-hybridized carbons (Fsp3) is 0.316. The van der Waals surface area contributed by atoms with E-state index in [1.165, 1.54) is 36.3 Å². The summed E-state index contributed by atoms with van der Waals surface area (Å²) in [6.45, 7) is 1.29.